The number of nitrogens with one attached hydrogen (secondary N) is 2. The molecule has 0 aliphatic rings. The van der Waals surface area contributed by atoms with Gasteiger partial charge in [-0.05, 0) is 32.1 Å². The van der Waals surface area contributed by atoms with Gasteiger partial charge in [-0.3, -0.25) is 5.32 Å². The van der Waals surface area contributed by atoms with Gasteiger partial charge < -0.3 is 10.4 Å². The van der Waals surface area contributed by atoms with Gasteiger partial charge in [0.1, 0.15) is 5.82 Å². The number of amides is 2. The molecule has 0 saturated heterocycles. The first-order chi connectivity index (χ1) is 9.35. The highest BCUT2D eigenvalue weighted by molar-refractivity contribution is 5.88. The lowest BCUT2D eigenvalue weighted by atomic mass is 9.89. The van der Waals surface area contributed by atoms with E-state index in [2.05, 4.69) is 15.7 Å². The summed E-state index contributed by atoms with van der Waals surface area (Å²) in [6.45, 7) is 8.78. The van der Waals surface area contributed by atoms with Gasteiger partial charge in [-0.15, -0.1) is 0 Å². The van der Waals surface area contributed by atoms with Gasteiger partial charge in [0, 0.05) is 25.3 Å². The molecule has 0 saturated carbocycles. The quantitative estimate of drug-likeness (QED) is 0.672. The number of urea groups is 1. The summed E-state index contributed by atoms with van der Waals surface area (Å²) in [5.41, 5.74) is -0.0889. The fourth-order valence-corrected chi connectivity index (χ4v) is 1.83. The smallest absolute Gasteiger partial charge is 0.320 e. The molecule has 6 nitrogen and oxygen atoms in total. The summed E-state index contributed by atoms with van der Waals surface area (Å²) < 4.78 is 1.76. The number of carbonyl (C=O) groups excluding carboxylic acids is 1. The monoisotopic (exact) mass is 282 g/mol. The van der Waals surface area contributed by atoms with Gasteiger partial charge in [0.2, 0.25) is 0 Å². The molecule has 1 heterocycles. The zero-order chi connectivity index (χ0) is 15.2. The second-order valence-electron chi connectivity index (χ2n) is 6.06. The predicted molar refractivity (Wildman–Crippen MR) is 79.7 cm³/mol. The van der Waals surface area contributed by atoms with Crippen LogP contribution in [0.1, 0.15) is 46.6 Å². The van der Waals surface area contributed by atoms with Crippen LogP contribution in [0.2, 0.25) is 0 Å². The Hall–Kier alpha value is -1.56. The SMILES string of the molecule is CC(C)n1nccc1NC(=O)NCCCC(C)(C)CO. The van der Waals surface area contributed by atoms with Crippen molar-refractivity contribution < 1.29 is 9.90 Å². The minimum Gasteiger partial charge on any atom is -0.396 e. The van der Waals surface area contributed by atoms with Crippen LogP contribution in [0, 0.1) is 5.41 Å². The van der Waals surface area contributed by atoms with Crippen LogP contribution in [0.5, 0.6) is 0 Å². The third-order valence-corrected chi connectivity index (χ3v) is 3.14. The molecule has 114 valence electrons. The number of carbonyl (C=O) groups is 1. The van der Waals surface area contributed by atoms with Gasteiger partial charge >= 0.3 is 6.03 Å². The summed E-state index contributed by atoms with van der Waals surface area (Å²) in [7, 11) is 0. The van der Waals surface area contributed by atoms with E-state index in [4.69, 9.17) is 5.11 Å². The first kappa shape index (κ1) is 16.5. The van der Waals surface area contributed by atoms with E-state index in [1.165, 1.54) is 0 Å². The molecular weight excluding hydrogens is 256 g/mol. The topological polar surface area (TPSA) is 79.2 Å². The van der Waals surface area contributed by atoms with Crippen molar-refractivity contribution in [3.8, 4) is 0 Å². The summed E-state index contributed by atoms with van der Waals surface area (Å²) in [5, 5.41) is 18.9. The molecule has 0 atom stereocenters. The van der Waals surface area contributed by atoms with Crippen molar-refractivity contribution in [3.63, 3.8) is 0 Å². The molecular formula is C14H26N4O2. The average molecular weight is 282 g/mol. The van der Waals surface area contributed by atoms with Crippen molar-refractivity contribution in [1.82, 2.24) is 15.1 Å². The number of hydrogen-bond donors (Lipinski definition) is 3. The van der Waals surface area contributed by atoms with E-state index >= 15 is 0 Å². The summed E-state index contributed by atoms with van der Waals surface area (Å²) in [4.78, 5) is 11.8. The maximum Gasteiger partial charge on any atom is 0.320 e. The molecule has 0 aliphatic carbocycles. The number of rotatable bonds is 7. The van der Waals surface area contributed by atoms with Crippen LogP contribution in [-0.4, -0.2) is 34.1 Å². The van der Waals surface area contributed by atoms with Gasteiger partial charge in [-0.2, -0.15) is 5.10 Å². The summed E-state index contributed by atoms with van der Waals surface area (Å²) in [5.74, 6) is 0.688. The van der Waals surface area contributed by atoms with Crippen LogP contribution in [0.25, 0.3) is 0 Å². The molecule has 0 aromatic carbocycles. The molecule has 0 unspecified atom stereocenters. The molecule has 0 radical (unpaired) electrons. The van der Waals surface area contributed by atoms with E-state index in [-0.39, 0.29) is 24.1 Å². The lowest BCUT2D eigenvalue weighted by molar-refractivity contribution is 0.148. The zero-order valence-electron chi connectivity index (χ0n) is 12.8. The second-order valence-corrected chi connectivity index (χ2v) is 6.06. The van der Waals surface area contributed by atoms with E-state index in [9.17, 15) is 4.79 Å². The molecule has 1 aromatic heterocycles. The summed E-state index contributed by atoms with van der Waals surface area (Å²) in [6.07, 6.45) is 3.37. The first-order valence-corrected chi connectivity index (χ1v) is 7.05. The van der Waals surface area contributed by atoms with E-state index < -0.39 is 0 Å². The standard InChI is InChI=1S/C14H26N4O2/c1-11(2)18-12(6-9-16-18)17-13(20)15-8-5-7-14(3,4)10-19/h6,9,11,19H,5,7-8,10H2,1-4H3,(H2,15,17,20). The Morgan fingerprint density at radius 3 is 2.80 bits per heavy atom. The van der Waals surface area contributed by atoms with Crippen molar-refractivity contribution in [2.45, 2.75) is 46.6 Å². The van der Waals surface area contributed by atoms with Crippen molar-refractivity contribution in [3.05, 3.63) is 12.3 Å². The average Bonchev–Trinajstić information content (AvgIpc) is 2.83. The Bertz CT molecular complexity index is 427. The summed E-state index contributed by atoms with van der Waals surface area (Å²) >= 11 is 0. The normalized spacial score (nSPS) is 11.7. The molecule has 1 aromatic rings. The molecule has 20 heavy (non-hydrogen) atoms. The van der Waals surface area contributed by atoms with Crippen molar-refractivity contribution in [2.24, 2.45) is 5.41 Å². The molecule has 0 aliphatic heterocycles. The van der Waals surface area contributed by atoms with Gasteiger partial charge in [-0.25, -0.2) is 9.48 Å². The van der Waals surface area contributed by atoms with Crippen LogP contribution in [0.15, 0.2) is 12.3 Å². The number of aliphatic hydroxyl groups excluding tert-OH is 1. The van der Waals surface area contributed by atoms with E-state index in [0.29, 0.717) is 12.4 Å². The highest BCUT2D eigenvalue weighted by atomic mass is 16.3. The van der Waals surface area contributed by atoms with Gasteiger partial charge in [-0.1, -0.05) is 13.8 Å². The Kier molecular flexibility index (Phi) is 6.01. The Labute approximate surface area is 120 Å². The molecule has 0 spiro atoms. The number of aromatic nitrogens is 2. The number of anilines is 1. The molecule has 2 amide bonds. The third kappa shape index (κ3) is 5.21. The molecule has 3 N–H and O–H groups in total. The van der Waals surface area contributed by atoms with Crippen LogP contribution < -0.4 is 10.6 Å². The Morgan fingerprint density at radius 2 is 2.20 bits per heavy atom. The Morgan fingerprint density at radius 1 is 1.50 bits per heavy atom. The predicted octanol–water partition coefficient (Wildman–Crippen LogP) is 2.38. The third-order valence-electron chi connectivity index (χ3n) is 3.14. The van der Waals surface area contributed by atoms with E-state index in [1.807, 2.05) is 27.7 Å². The number of hydrogen-bond acceptors (Lipinski definition) is 3. The maximum absolute atomic E-state index is 11.8. The Balaban J connectivity index is 2.32. The first-order valence-electron chi connectivity index (χ1n) is 7.05. The number of aliphatic hydroxyl groups is 1. The lowest BCUT2D eigenvalue weighted by Gasteiger charge is -2.21. The van der Waals surface area contributed by atoms with Crippen molar-refractivity contribution >= 4 is 11.8 Å². The van der Waals surface area contributed by atoms with Gasteiger partial charge in [0.05, 0.1) is 6.20 Å². The number of nitrogens with zero attached hydrogens (tertiary/aromatic N) is 2. The minimum atomic E-state index is -0.228. The molecule has 1 rings (SSSR count). The summed E-state index contributed by atoms with van der Waals surface area (Å²) in [6, 6.07) is 1.74. The highest BCUT2D eigenvalue weighted by Gasteiger charge is 2.15. The van der Waals surface area contributed by atoms with Crippen LogP contribution in [0.3, 0.4) is 0 Å². The van der Waals surface area contributed by atoms with Crippen LogP contribution in [0.4, 0.5) is 10.6 Å². The van der Waals surface area contributed by atoms with Crippen molar-refractivity contribution in [2.75, 3.05) is 18.5 Å². The van der Waals surface area contributed by atoms with Gasteiger partial charge in [0.25, 0.3) is 0 Å². The lowest BCUT2D eigenvalue weighted by Crippen LogP contribution is -2.31. The molecule has 0 fully saturated rings. The molecule has 0 bridgehead atoms. The second kappa shape index (κ2) is 7.28. The molecule has 6 heteroatoms. The maximum atomic E-state index is 11.8. The highest BCUT2D eigenvalue weighted by Crippen LogP contribution is 2.20. The van der Waals surface area contributed by atoms with Crippen LogP contribution in [-0.2, 0) is 0 Å². The van der Waals surface area contributed by atoms with E-state index in [0.717, 1.165) is 12.8 Å². The minimum absolute atomic E-state index is 0.0889. The van der Waals surface area contributed by atoms with Crippen LogP contribution >= 0.6 is 0 Å². The fourth-order valence-electron chi connectivity index (χ4n) is 1.83. The zero-order valence-corrected chi connectivity index (χ0v) is 12.8. The van der Waals surface area contributed by atoms with E-state index in [1.54, 1.807) is 16.9 Å². The van der Waals surface area contributed by atoms with Gasteiger partial charge in [0.15, 0.2) is 0 Å². The largest absolute Gasteiger partial charge is 0.396 e. The van der Waals surface area contributed by atoms with Crippen molar-refractivity contribution in [1.29, 1.82) is 0 Å². The fraction of sp³-hybridized carbons (Fsp3) is 0.714.